The van der Waals surface area contributed by atoms with Gasteiger partial charge in [0.25, 0.3) is 0 Å². The van der Waals surface area contributed by atoms with Crippen molar-refractivity contribution in [2.75, 3.05) is 13.2 Å². The topological polar surface area (TPSA) is 55.4 Å². The van der Waals surface area contributed by atoms with E-state index in [0.717, 1.165) is 18.4 Å². The molecule has 86 valence electrons. The Morgan fingerprint density at radius 3 is 2.53 bits per heavy atom. The van der Waals surface area contributed by atoms with Gasteiger partial charge < -0.3 is 10.1 Å². The quantitative estimate of drug-likeness (QED) is 0.412. The van der Waals surface area contributed by atoms with Crippen molar-refractivity contribution in [1.82, 2.24) is 5.32 Å². The smallest absolute Gasteiger partial charge is 0.325 e. The Bertz CT molecular complexity index is 242. The van der Waals surface area contributed by atoms with Crippen LogP contribution in [-0.4, -0.2) is 25.0 Å². The molecule has 0 spiro atoms. The number of allylic oxidation sites excluding steroid dienone is 1. The molecule has 0 radical (unpaired) electrons. The van der Waals surface area contributed by atoms with E-state index < -0.39 is 0 Å². The molecule has 0 saturated heterocycles. The van der Waals surface area contributed by atoms with E-state index in [1.807, 2.05) is 20.8 Å². The van der Waals surface area contributed by atoms with Crippen LogP contribution >= 0.6 is 0 Å². The number of hydrogen-bond donors (Lipinski definition) is 1. The Morgan fingerprint density at radius 1 is 1.33 bits per heavy atom. The van der Waals surface area contributed by atoms with E-state index in [1.54, 1.807) is 0 Å². The summed E-state index contributed by atoms with van der Waals surface area (Å²) in [6.07, 6.45) is 3.28. The van der Waals surface area contributed by atoms with Crippen LogP contribution in [0.2, 0.25) is 0 Å². The fourth-order valence-electron chi connectivity index (χ4n) is 0.854. The van der Waals surface area contributed by atoms with Crippen LogP contribution in [0, 0.1) is 0 Å². The zero-order valence-corrected chi connectivity index (χ0v) is 9.63. The molecule has 0 saturated carbocycles. The summed E-state index contributed by atoms with van der Waals surface area (Å²) in [5.74, 6) is -0.651. The van der Waals surface area contributed by atoms with Gasteiger partial charge in [0, 0.05) is 6.08 Å². The minimum absolute atomic E-state index is 0.0632. The van der Waals surface area contributed by atoms with Crippen molar-refractivity contribution in [3.05, 3.63) is 11.6 Å². The van der Waals surface area contributed by atoms with E-state index in [0.29, 0.717) is 6.61 Å². The third-order valence-corrected chi connectivity index (χ3v) is 1.59. The highest BCUT2D eigenvalue weighted by molar-refractivity contribution is 5.90. The van der Waals surface area contributed by atoms with Crippen molar-refractivity contribution in [3.8, 4) is 0 Å². The van der Waals surface area contributed by atoms with Gasteiger partial charge >= 0.3 is 5.97 Å². The molecule has 0 aliphatic carbocycles. The number of esters is 1. The first-order valence-corrected chi connectivity index (χ1v) is 5.14. The molecule has 1 amide bonds. The second-order valence-electron chi connectivity index (χ2n) is 3.51. The van der Waals surface area contributed by atoms with Crippen LogP contribution in [0.25, 0.3) is 0 Å². The maximum Gasteiger partial charge on any atom is 0.325 e. The van der Waals surface area contributed by atoms with Crippen LogP contribution in [-0.2, 0) is 14.3 Å². The number of ether oxygens (including phenoxy) is 1. The molecule has 0 aliphatic heterocycles. The van der Waals surface area contributed by atoms with E-state index in [2.05, 4.69) is 5.32 Å². The highest BCUT2D eigenvalue weighted by Crippen LogP contribution is 1.89. The molecule has 0 atom stereocenters. The van der Waals surface area contributed by atoms with Gasteiger partial charge in [-0.1, -0.05) is 18.9 Å². The minimum atomic E-state index is -0.390. The van der Waals surface area contributed by atoms with Crippen molar-refractivity contribution in [2.24, 2.45) is 0 Å². The van der Waals surface area contributed by atoms with Crippen molar-refractivity contribution in [1.29, 1.82) is 0 Å². The third-order valence-electron chi connectivity index (χ3n) is 1.59. The zero-order valence-electron chi connectivity index (χ0n) is 9.63. The summed E-state index contributed by atoms with van der Waals surface area (Å²) in [4.78, 5) is 22.1. The second kappa shape index (κ2) is 8.03. The Hall–Kier alpha value is -1.32. The number of hydrogen-bond acceptors (Lipinski definition) is 3. The number of amides is 1. The maximum atomic E-state index is 11.1. The van der Waals surface area contributed by atoms with Crippen LogP contribution in [0.1, 0.15) is 33.6 Å². The van der Waals surface area contributed by atoms with Crippen molar-refractivity contribution < 1.29 is 14.3 Å². The summed E-state index contributed by atoms with van der Waals surface area (Å²) in [5, 5.41) is 2.45. The van der Waals surface area contributed by atoms with Crippen molar-refractivity contribution in [3.63, 3.8) is 0 Å². The van der Waals surface area contributed by atoms with Gasteiger partial charge in [0.1, 0.15) is 6.54 Å². The maximum absolute atomic E-state index is 11.1. The Morgan fingerprint density at radius 2 is 2.00 bits per heavy atom. The average molecular weight is 213 g/mol. The Balaban J connectivity index is 3.62. The van der Waals surface area contributed by atoms with Crippen LogP contribution in [0.15, 0.2) is 11.6 Å². The molecule has 0 heterocycles. The van der Waals surface area contributed by atoms with E-state index in [-0.39, 0.29) is 18.4 Å². The van der Waals surface area contributed by atoms with Gasteiger partial charge in [-0.3, -0.25) is 9.59 Å². The molecule has 0 fully saturated rings. The summed E-state index contributed by atoms with van der Waals surface area (Å²) in [6, 6.07) is 0. The van der Waals surface area contributed by atoms with Gasteiger partial charge in [-0.2, -0.15) is 0 Å². The summed E-state index contributed by atoms with van der Waals surface area (Å²) >= 11 is 0. The zero-order chi connectivity index (χ0) is 11.7. The van der Waals surface area contributed by atoms with E-state index >= 15 is 0 Å². The summed E-state index contributed by atoms with van der Waals surface area (Å²) in [6.45, 7) is 6.02. The molecule has 4 nitrogen and oxygen atoms in total. The molecular weight excluding hydrogens is 194 g/mol. The largest absolute Gasteiger partial charge is 0.464 e. The van der Waals surface area contributed by atoms with E-state index in [4.69, 9.17) is 4.74 Å². The fraction of sp³-hybridized carbons (Fsp3) is 0.636. The highest BCUT2D eigenvalue weighted by atomic mass is 16.5. The number of nitrogens with one attached hydrogen (secondary N) is 1. The van der Waals surface area contributed by atoms with E-state index in [1.165, 1.54) is 6.08 Å². The van der Waals surface area contributed by atoms with Crippen LogP contribution < -0.4 is 5.32 Å². The number of carbonyl (C=O) groups excluding carboxylic acids is 2. The molecule has 0 unspecified atom stereocenters. The molecule has 0 aromatic heterocycles. The molecule has 0 rings (SSSR count). The number of carbonyl (C=O) groups is 2. The predicted molar refractivity (Wildman–Crippen MR) is 58.3 cm³/mol. The lowest BCUT2D eigenvalue weighted by Gasteiger charge is -2.04. The molecule has 0 aromatic carbocycles. The molecule has 15 heavy (non-hydrogen) atoms. The van der Waals surface area contributed by atoms with Gasteiger partial charge in [-0.15, -0.1) is 0 Å². The molecule has 4 heteroatoms. The molecule has 0 bridgehead atoms. The monoisotopic (exact) mass is 213 g/mol. The lowest BCUT2D eigenvalue weighted by atomic mass is 10.3. The molecule has 0 aromatic rings. The van der Waals surface area contributed by atoms with Gasteiger partial charge in [-0.25, -0.2) is 0 Å². The van der Waals surface area contributed by atoms with Crippen LogP contribution in [0.5, 0.6) is 0 Å². The van der Waals surface area contributed by atoms with Gasteiger partial charge in [0.15, 0.2) is 0 Å². The first-order valence-electron chi connectivity index (χ1n) is 5.14. The third kappa shape index (κ3) is 9.00. The van der Waals surface area contributed by atoms with Crippen LogP contribution in [0.4, 0.5) is 0 Å². The summed E-state index contributed by atoms with van der Waals surface area (Å²) in [7, 11) is 0. The highest BCUT2D eigenvalue weighted by Gasteiger charge is 2.03. The minimum Gasteiger partial charge on any atom is -0.464 e. The lowest BCUT2D eigenvalue weighted by Crippen LogP contribution is -2.29. The summed E-state index contributed by atoms with van der Waals surface area (Å²) in [5.41, 5.74) is 0.895. The fourth-order valence-corrected chi connectivity index (χ4v) is 0.854. The normalized spacial score (nSPS) is 9.27. The van der Waals surface area contributed by atoms with Crippen molar-refractivity contribution >= 4 is 11.9 Å². The molecule has 1 N–H and O–H groups in total. The van der Waals surface area contributed by atoms with Gasteiger partial charge in [-0.05, 0) is 20.3 Å². The summed E-state index contributed by atoms with van der Waals surface area (Å²) < 4.78 is 4.86. The number of unbranched alkanes of at least 4 members (excludes halogenated alkanes) is 1. The van der Waals surface area contributed by atoms with E-state index in [9.17, 15) is 9.59 Å². The standard InChI is InChI=1S/C11H19NO3/c1-4-5-6-15-11(14)8-12-10(13)7-9(2)3/h7H,4-6,8H2,1-3H3,(H,12,13). The number of rotatable bonds is 6. The lowest BCUT2D eigenvalue weighted by molar-refractivity contribution is -0.143. The average Bonchev–Trinajstić information content (AvgIpc) is 2.14. The SMILES string of the molecule is CCCCOC(=O)CNC(=O)C=C(C)C. The first-order chi connectivity index (χ1) is 7.06. The van der Waals surface area contributed by atoms with Crippen molar-refractivity contribution in [2.45, 2.75) is 33.6 Å². The van der Waals surface area contributed by atoms with Gasteiger partial charge in [0.2, 0.25) is 5.91 Å². The van der Waals surface area contributed by atoms with Crippen LogP contribution in [0.3, 0.4) is 0 Å². The Labute approximate surface area is 90.7 Å². The first kappa shape index (κ1) is 13.7. The second-order valence-corrected chi connectivity index (χ2v) is 3.51. The Kier molecular flexibility index (Phi) is 7.32. The molecular formula is C11H19NO3. The predicted octanol–water partition coefficient (Wildman–Crippen LogP) is 1.41. The molecule has 0 aliphatic rings. The van der Waals surface area contributed by atoms with Gasteiger partial charge in [0.05, 0.1) is 6.61 Å².